The Hall–Kier alpha value is -2.51. The zero-order valence-corrected chi connectivity index (χ0v) is 19.4. The quantitative estimate of drug-likeness (QED) is 0.371. The van der Waals surface area contributed by atoms with E-state index in [0.717, 1.165) is 64.4 Å². The van der Waals surface area contributed by atoms with Gasteiger partial charge in [0.15, 0.2) is 0 Å². The third-order valence-electron chi connectivity index (χ3n) is 5.93. The largest absolute Gasteiger partial charge is 0.304 e. The summed E-state index contributed by atoms with van der Waals surface area (Å²) < 4.78 is 17.5. The molecule has 1 aliphatic heterocycles. The van der Waals surface area contributed by atoms with Crippen molar-refractivity contribution in [2.75, 3.05) is 33.2 Å². The molecule has 3 heterocycles. The Morgan fingerprint density at radius 3 is 2.41 bits per heavy atom. The second-order valence-corrected chi connectivity index (χ2v) is 9.86. The third-order valence-corrected chi connectivity index (χ3v) is 7.21. The molecule has 2 aromatic carbocycles. The minimum Gasteiger partial charge on any atom is -0.304 e. The van der Waals surface area contributed by atoms with Gasteiger partial charge in [-0.25, -0.2) is 9.07 Å². The van der Waals surface area contributed by atoms with Gasteiger partial charge in [0.2, 0.25) is 0 Å². The van der Waals surface area contributed by atoms with Crippen LogP contribution in [-0.4, -0.2) is 52.8 Å². The summed E-state index contributed by atoms with van der Waals surface area (Å²) in [5.74, 6) is -0.237. The second kappa shape index (κ2) is 9.16. The molecule has 0 bridgehead atoms. The van der Waals surface area contributed by atoms with Crippen molar-refractivity contribution in [3.63, 3.8) is 0 Å². The van der Waals surface area contributed by atoms with E-state index >= 15 is 0 Å². The molecule has 0 N–H and O–H groups in total. The first-order valence-corrected chi connectivity index (χ1v) is 11.9. The van der Waals surface area contributed by atoms with Crippen LogP contribution in [0.15, 0.2) is 66.9 Å². The monoisotopic (exact) mass is 466 g/mol. The average Bonchev–Trinajstić information content (AvgIpc) is 3.42. The van der Waals surface area contributed by atoms with Crippen LogP contribution in [0.25, 0.3) is 27.4 Å². The maximum Gasteiger partial charge on any atom is 0.132 e. The molecule has 4 aromatic rings. The van der Waals surface area contributed by atoms with E-state index in [2.05, 4.69) is 34.1 Å². The molecular weight excluding hydrogens is 443 g/mol. The minimum atomic E-state index is -0.237. The highest BCUT2D eigenvalue weighted by Crippen LogP contribution is 2.33. The second-order valence-electron chi connectivity index (χ2n) is 8.14. The van der Waals surface area contributed by atoms with Gasteiger partial charge in [-0.1, -0.05) is 35.9 Å². The maximum atomic E-state index is 14.9. The van der Waals surface area contributed by atoms with E-state index in [1.807, 2.05) is 47.3 Å². The summed E-state index contributed by atoms with van der Waals surface area (Å²) in [7, 11) is 2.15. The first-order valence-electron chi connectivity index (χ1n) is 10.7. The fourth-order valence-corrected chi connectivity index (χ4v) is 5.17. The van der Waals surface area contributed by atoms with Crippen LogP contribution in [0.1, 0.15) is 5.56 Å². The lowest BCUT2D eigenvalue weighted by Crippen LogP contribution is -2.43. The predicted molar refractivity (Wildman–Crippen MR) is 130 cm³/mol. The molecule has 1 fully saturated rings. The Bertz CT molecular complexity index is 1210. The zero-order chi connectivity index (χ0) is 22.1. The van der Waals surface area contributed by atoms with Crippen LogP contribution in [-0.2, 0) is 6.54 Å². The lowest BCUT2D eigenvalue weighted by atomic mass is 10.1. The molecule has 164 valence electrons. The summed E-state index contributed by atoms with van der Waals surface area (Å²) in [4.78, 5) is 5.86. The lowest BCUT2D eigenvalue weighted by molar-refractivity contribution is 0.148. The standard InChI is InChI=1S/C25H24ClFN4S/c1-29-12-14-30(15-13-29)17-19-16-28-31(25(19)21-4-2-3-5-22(21)27)20-8-6-18(7-9-20)23-10-11-24(26)32-23/h2-11,16H,12-15,17H2,1H3. The highest BCUT2D eigenvalue weighted by atomic mass is 35.5. The van der Waals surface area contributed by atoms with E-state index in [-0.39, 0.29) is 5.82 Å². The van der Waals surface area contributed by atoms with E-state index in [1.165, 1.54) is 6.07 Å². The Morgan fingerprint density at radius 2 is 1.72 bits per heavy atom. The van der Waals surface area contributed by atoms with Crippen LogP contribution in [0, 0.1) is 5.82 Å². The van der Waals surface area contributed by atoms with Crippen LogP contribution in [0.2, 0.25) is 4.34 Å². The highest BCUT2D eigenvalue weighted by Gasteiger charge is 2.21. The summed E-state index contributed by atoms with van der Waals surface area (Å²) in [6.45, 7) is 4.82. The molecule has 1 saturated heterocycles. The molecule has 0 unspecified atom stereocenters. The lowest BCUT2D eigenvalue weighted by Gasteiger charge is -2.32. The first-order chi connectivity index (χ1) is 15.6. The summed E-state index contributed by atoms with van der Waals surface area (Å²) in [6.07, 6.45) is 1.88. The van der Waals surface area contributed by atoms with Gasteiger partial charge in [-0.3, -0.25) is 4.90 Å². The molecule has 1 aliphatic rings. The normalized spacial score (nSPS) is 15.3. The molecule has 0 spiro atoms. The van der Waals surface area contributed by atoms with Gasteiger partial charge in [0, 0.05) is 48.7 Å². The molecule has 7 heteroatoms. The van der Waals surface area contributed by atoms with Crippen molar-refractivity contribution in [3.05, 3.63) is 82.6 Å². The van der Waals surface area contributed by atoms with Gasteiger partial charge in [0.05, 0.1) is 21.9 Å². The number of hydrogen-bond acceptors (Lipinski definition) is 4. The smallest absolute Gasteiger partial charge is 0.132 e. The van der Waals surface area contributed by atoms with Gasteiger partial charge in [-0.15, -0.1) is 11.3 Å². The van der Waals surface area contributed by atoms with Crippen molar-refractivity contribution < 1.29 is 4.39 Å². The van der Waals surface area contributed by atoms with Crippen molar-refractivity contribution in [1.82, 2.24) is 19.6 Å². The van der Waals surface area contributed by atoms with E-state index in [9.17, 15) is 4.39 Å². The van der Waals surface area contributed by atoms with Gasteiger partial charge in [-0.2, -0.15) is 5.10 Å². The fourth-order valence-electron chi connectivity index (χ4n) is 4.12. The number of likely N-dealkylation sites (N-methyl/N-ethyl adjacent to an activating group) is 1. The molecule has 0 saturated carbocycles. The molecule has 32 heavy (non-hydrogen) atoms. The van der Waals surface area contributed by atoms with E-state index in [0.29, 0.717) is 5.56 Å². The SMILES string of the molecule is CN1CCN(Cc2cnn(-c3ccc(-c4ccc(Cl)s4)cc3)c2-c2ccccc2F)CC1. The van der Waals surface area contributed by atoms with Gasteiger partial charge >= 0.3 is 0 Å². The van der Waals surface area contributed by atoms with Gasteiger partial charge in [0.1, 0.15) is 5.82 Å². The van der Waals surface area contributed by atoms with E-state index in [1.54, 1.807) is 17.4 Å². The Labute approximate surface area is 196 Å². The molecule has 2 aromatic heterocycles. The van der Waals surface area contributed by atoms with Gasteiger partial charge < -0.3 is 4.90 Å². The van der Waals surface area contributed by atoms with Crippen LogP contribution in [0.4, 0.5) is 4.39 Å². The average molecular weight is 467 g/mol. The zero-order valence-electron chi connectivity index (χ0n) is 17.8. The molecule has 0 radical (unpaired) electrons. The number of rotatable bonds is 5. The molecule has 0 aliphatic carbocycles. The Morgan fingerprint density at radius 1 is 0.969 bits per heavy atom. The molecular formula is C25H24ClFN4S. The summed E-state index contributed by atoms with van der Waals surface area (Å²) >= 11 is 7.65. The number of piperazine rings is 1. The summed E-state index contributed by atoms with van der Waals surface area (Å²) in [5.41, 5.74) is 4.42. The maximum absolute atomic E-state index is 14.9. The molecule has 0 atom stereocenters. The van der Waals surface area contributed by atoms with Crippen molar-refractivity contribution in [2.45, 2.75) is 6.54 Å². The Kier molecular flexibility index (Phi) is 6.11. The van der Waals surface area contributed by atoms with Gasteiger partial charge in [-0.05, 0) is 49.0 Å². The fraction of sp³-hybridized carbons (Fsp3) is 0.240. The number of aromatic nitrogens is 2. The third kappa shape index (κ3) is 4.36. The number of hydrogen-bond donors (Lipinski definition) is 0. The molecule has 0 amide bonds. The van der Waals surface area contributed by atoms with Crippen molar-refractivity contribution >= 4 is 22.9 Å². The van der Waals surface area contributed by atoms with Crippen molar-refractivity contribution in [2.24, 2.45) is 0 Å². The van der Waals surface area contributed by atoms with Crippen molar-refractivity contribution in [3.8, 4) is 27.4 Å². The van der Waals surface area contributed by atoms with E-state index in [4.69, 9.17) is 11.6 Å². The minimum absolute atomic E-state index is 0.237. The number of benzene rings is 2. The summed E-state index contributed by atoms with van der Waals surface area (Å²) in [5, 5.41) is 4.69. The first kappa shape index (κ1) is 21.3. The number of thiophene rings is 1. The highest BCUT2D eigenvalue weighted by molar-refractivity contribution is 7.19. The topological polar surface area (TPSA) is 24.3 Å². The van der Waals surface area contributed by atoms with Crippen molar-refractivity contribution in [1.29, 1.82) is 0 Å². The van der Waals surface area contributed by atoms with Crippen LogP contribution in [0.5, 0.6) is 0 Å². The van der Waals surface area contributed by atoms with Crippen LogP contribution >= 0.6 is 22.9 Å². The van der Waals surface area contributed by atoms with Crippen LogP contribution < -0.4 is 0 Å². The number of nitrogens with zero attached hydrogens (tertiary/aromatic N) is 4. The molecule has 5 rings (SSSR count). The number of halogens is 2. The summed E-state index contributed by atoms with van der Waals surface area (Å²) in [6, 6.07) is 19.0. The van der Waals surface area contributed by atoms with Gasteiger partial charge in [0.25, 0.3) is 0 Å². The Balaban J connectivity index is 1.52. The van der Waals surface area contributed by atoms with E-state index < -0.39 is 0 Å². The predicted octanol–water partition coefficient (Wildman–Crippen LogP) is 5.81. The molecule has 4 nitrogen and oxygen atoms in total. The van der Waals surface area contributed by atoms with Crippen LogP contribution in [0.3, 0.4) is 0 Å².